The van der Waals surface area contributed by atoms with Crippen LogP contribution >= 0.6 is 0 Å². The molecule has 2 rings (SSSR count). The lowest BCUT2D eigenvalue weighted by Crippen LogP contribution is -2.29. The van der Waals surface area contributed by atoms with Crippen molar-refractivity contribution in [2.45, 2.75) is 32.6 Å². The highest BCUT2D eigenvalue weighted by Gasteiger charge is 2.24. The zero-order valence-corrected chi connectivity index (χ0v) is 8.71. The van der Waals surface area contributed by atoms with Gasteiger partial charge in [0.05, 0.1) is 12.2 Å². The number of esters is 1. The Kier molecular flexibility index (Phi) is 2.75. The number of likely N-dealkylation sites (tertiary alicyclic amines) is 1. The van der Waals surface area contributed by atoms with Crippen molar-refractivity contribution in [3.63, 3.8) is 0 Å². The first kappa shape index (κ1) is 9.56. The van der Waals surface area contributed by atoms with Crippen LogP contribution in [0.3, 0.4) is 0 Å². The molecule has 0 aliphatic carbocycles. The standard InChI is InChI=1S/C11H17NO2/c1-9(10-5-8-14-11(10)13)12-6-3-2-4-7-12/h2-8H2,1H3. The molecule has 0 aromatic carbocycles. The lowest BCUT2D eigenvalue weighted by atomic mass is 10.1. The van der Waals surface area contributed by atoms with Crippen LogP contribution in [0.1, 0.15) is 32.6 Å². The minimum absolute atomic E-state index is 0.104. The summed E-state index contributed by atoms with van der Waals surface area (Å²) >= 11 is 0. The van der Waals surface area contributed by atoms with Gasteiger partial charge in [-0.15, -0.1) is 0 Å². The Morgan fingerprint density at radius 2 is 2.00 bits per heavy atom. The van der Waals surface area contributed by atoms with Crippen LogP contribution in [0.25, 0.3) is 0 Å². The van der Waals surface area contributed by atoms with Gasteiger partial charge in [0.15, 0.2) is 0 Å². The van der Waals surface area contributed by atoms with E-state index in [4.69, 9.17) is 4.74 Å². The highest BCUT2D eigenvalue weighted by molar-refractivity contribution is 5.90. The van der Waals surface area contributed by atoms with Crippen LogP contribution in [-0.4, -0.2) is 30.6 Å². The summed E-state index contributed by atoms with van der Waals surface area (Å²) in [6.45, 7) is 4.82. The van der Waals surface area contributed by atoms with Gasteiger partial charge in [0.25, 0.3) is 0 Å². The van der Waals surface area contributed by atoms with E-state index in [1.807, 2.05) is 6.92 Å². The van der Waals surface area contributed by atoms with E-state index in [1.54, 1.807) is 0 Å². The van der Waals surface area contributed by atoms with E-state index in [-0.39, 0.29) is 5.97 Å². The summed E-state index contributed by atoms with van der Waals surface area (Å²) in [6, 6.07) is 0. The summed E-state index contributed by atoms with van der Waals surface area (Å²) in [5, 5.41) is 0. The summed E-state index contributed by atoms with van der Waals surface area (Å²) in [7, 11) is 0. The molecular weight excluding hydrogens is 178 g/mol. The predicted molar refractivity (Wildman–Crippen MR) is 53.7 cm³/mol. The number of nitrogens with zero attached hydrogens (tertiary/aromatic N) is 1. The molecular formula is C11H17NO2. The molecule has 2 fully saturated rings. The number of ether oxygens (including phenoxy) is 1. The van der Waals surface area contributed by atoms with Gasteiger partial charge in [0, 0.05) is 25.2 Å². The second-order valence-corrected chi connectivity index (χ2v) is 4.00. The SMILES string of the molecule is CC(=C1CCOC1=O)N1CCCCC1. The van der Waals surface area contributed by atoms with Crippen molar-refractivity contribution in [1.29, 1.82) is 0 Å². The lowest BCUT2D eigenvalue weighted by molar-refractivity contribution is -0.135. The summed E-state index contributed by atoms with van der Waals surface area (Å²) < 4.78 is 4.95. The molecule has 2 aliphatic heterocycles. The second-order valence-electron chi connectivity index (χ2n) is 4.00. The van der Waals surface area contributed by atoms with E-state index in [1.165, 1.54) is 19.3 Å². The van der Waals surface area contributed by atoms with Gasteiger partial charge in [-0.25, -0.2) is 4.79 Å². The van der Waals surface area contributed by atoms with Gasteiger partial charge in [0.2, 0.25) is 0 Å². The normalized spacial score (nSPS) is 26.4. The Balaban J connectivity index is 2.11. The molecule has 0 atom stereocenters. The second kappa shape index (κ2) is 4.03. The topological polar surface area (TPSA) is 29.5 Å². The van der Waals surface area contributed by atoms with Gasteiger partial charge in [-0.2, -0.15) is 0 Å². The predicted octanol–water partition coefficient (Wildman–Crippen LogP) is 1.69. The fourth-order valence-corrected chi connectivity index (χ4v) is 2.18. The monoisotopic (exact) mass is 195 g/mol. The Labute approximate surface area is 84.7 Å². The van der Waals surface area contributed by atoms with Crippen LogP contribution in [-0.2, 0) is 9.53 Å². The van der Waals surface area contributed by atoms with E-state index < -0.39 is 0 Å². The smallest absolute Gasteiger partial charge is 0.335 e. The lowest BCUT2D eigenvalue weighted by Gasteiger charge is -2.30. The third-order valence-corrected chi connectivity index (χ3v) is 3.10. The Morgan fingerprint density at radius 1 is 1.29 bits per heavy atom. The summed E-state index contributed by atoms with van der Waals surface area (Å²) in [4.78, 5) is 13.7. The zero-order chi connectivity index (χ0) is 9.97. The maximum absolute atomic E-state index is 11.4. The minimum Gasteiger partial charge on any atom is -0.462 e. The molecule has 3 heteroatoms. The molecule has 2 aliphatic rings. The average Bonchev–Trinajstić information content (AvgIpc) is 2.65. The van der Waals surface area contributed by atoms with Crippen molar-refractivity contribution in [1.82, 2.24) is 4.90 Å². The van der Waals surface area contributed by atoms with Crippen molar-refractivity contribution in [3.05, 3.63) is 11.3 Å². The van der Waals surface area contributed by atoms with Gasteiger partial charge in [-0.05, 0) is 26.2 Å². The number of rotatable bonds is 1. The molecule has 2 heterocycles. The Bertz CT molecular complexity index is 264. The van der Waals surface area contributed by atoms with Crippen molar-refractivity contribution in [3.8, 4) is 0 Å². The molecule has 14 heavy (non-hydrogen) atoms. The quantitative estimate of drug-likeness (QED) is 0.471. The maximum Gasteiger partial charge on any atom is 0.335 e. The first-order chi connectivity index (χ1) is 6.79. The van der Waals surface area contributed by atoms with Crippen LogP contribution in [0.15, 0.2) is 11.3 Å². The molecule has 0 unspecified atom stereocenters. The van der Waals surface area contributed by atoms with E-state index in [9.17, 15) is 4.79 Å². The van der Waals surface area contributed by atoms with Crippen LogP contribution in [0.2, 0.25) is 0 Å². The molecule has 0 radical (unpaired) electrons. The number of carbonyl (C=O) groups is 1. The van der Waals surface area contributed by atoms with Crippen LogP contribution in [0.5, 0.6) is 0 Å². The van der Waals surface area contributed by atoms with E-state index in [2.05, 4.69) is 4.90 Å². The van der Waals surface area contributed by atoms with Crippen LogP contribution in [0, 0.1) is 0 Å². The van der Waals surface area contributed by atoms with Gasteiger partial charge in [0.1, 0.15) is 0 Å². The molecule has 0 N–H and O–H groups in total. The maximum atomic E-state index is 11.4. The largest absolute Gasteiger partial charge is 0.462 e. The first-order valence-corrected chi connectivity index (χ1v) is 5.41. The third-order valence-electron chi connectivity index (χ3n) is 3.10. The third kappa shape index (κ3) is 1.76. The van der Waals surface area contributed by atoms with E-state index >= 15 is 0 Å². The number of carbonyl (C=O) groups excluding carboxylic acids is 1. The van der Waals surface area contributed by atoms with Gasteiger partial charge in [-0.3, -0.25) is 0 Å². The Hall–Kier alpha value is -0.990. The van der Waals surface area contributed by atoms with Crippen molar-refractivity contribution >= 4 is 5.97 Å². The van der Waals surface area contributed by atoms with E-state index in [0.717, 1.165) is 30.8 Å². The number of piperidine rings is 1. The van der Waals surface area contributed by atoms with Crippen molar-refractivity contribution < 1.29 is 9.53 Å². The molecule has 0 amide bonds. The molecule has 0 aromatic heterocycles. The summed E-state index contributed by atoms with van der Waals surface area (Å²) in [6.07, 6.45) is 4.62. The first-order valence-electron chi connectivity index (χ1n) is 5.41. The van der Waals surface area contributed by atoms with E-state index in [0.29, 0.717) is 6.61 Å². The minimum atomic E-state index is -0.104. The summed E-state index contributed by atoms with van der Waals surface area (Å²) in [5.41, 5.74) is 2.04. The molecule has 0 saturated carbocycles. The molecule has 0 aromatic rings. The van der Waals surface area contributed by atoms with Crippen LogP contribution < -0.4 is 0 Å². The Morgan fingerprint density at radius 3 is 2.57 bits per heavy atom. The van der Waals surface area contributed by atoms with Crippen molar-refractivity contribution in [2.24, 2.45) is 0 Å². The number of hydrogen-bond donors (Lipinski definition) is 0. The average molecular weight is 195 g/mol. The van der Waals surface area contributed by atoms with Crippen LogP contribution in [0.4, 0.5) is 0 Å². The molecule has 0 bridgehead atoms. The molecule has 2 saturated heterocycles. The number of hydrogen-bond acceptors (Lipinski definition) is 3. The molecule has 78 valence electrons. The molecule has 3 nitrogen and oxygen atoms in total. The fraction of sp³-hybridized carbons (Fsp3) is 0.727. The van der Waals surface area contributed by atoms with Gasteiger partial charge in [-0.1, -0.05) is 0 Å². The fourth-order valence-electron chi connectivity index (χ4n) is 2.18. The van der Waals surface area contributed by atoms with Crippen molar-refractivity contribution in [2.75, 3.05) is 19.7 Å². The number of allylic oxidation sites excluding steroid dienone is 1. The highest BCUT2D eigenvalue weighted by Crippen LogP contribution is 2.22. The molecule has 0 spiro atoms. The van der Waals surface area contributed by atoms with Gasteiger partial charge < -0.3 is 9.64 Å². The van der Waals surface area contributed by atoms with Gasteiger partial charge >= 0.3 is 5.97 Å². The zero-order valence-electron chi connectivity index (χ0n) is 8.71. The summed E-state index contributed by atoms with van der Waals surface area (Å²) in [5.74, 6) is -0.104. The number of cyclic esters (lactones) is 1. The highest BCUT2D eigenvalue weighted by atomic mass is 16.5.